The van der Waals surface area contributed by atoms with Gasteiger partial charge in [0, 0.05) is 29.3 Å². The molecule has 1 aliphatic heterocycles. The lowest BCUT2D eigenvalue weighted by Gasteiger charge is -2.16. The topological polar surface area (TPSA) is 93.1 Å². The van der Waals surface area contributed by atoms with Crippen molar-refractivity contribution >= 4 is 34.1 Å². The maximum Gasteiger partial charge on any atom is 0.254 e. The van der Waals surface area contributed by atoms with Crippen molar-refractivity contribution in [3.63, 3.8) is 0 Å². The van der Waals surface area contributed by atoms with Gasteiger partial charge in [0.2, 0.25) is 0 Å². The van der Waals surface area contributed by atoms with Crippen molar-refractivity contribution < 1.29 is 13.9 Å². The number of aryl methyl sites for hydroxylation is 1. The Labute approximate surface area is 188 Å². The van der Waals surface area contributed by atoms with Crippen LogP contribution in [-0.2, 0) is 4.79 Å². The van der Waals surface area contributed by atoms with E-state index in [2.05, 4.69) is 31.8 Å². The fourth-order valence-electron chi connectivity index (χ4n) is 3.61. The molecular formula is C24H19FN6O2. The van der Waals surface area contributed by atoms with E-state index >= 15 is 0 Å². The minimum absolute atomic E-state index is 0.118. The quantitative estimate of drug-likeness (QED) is 0.448. The summed E-state index contributed by atoms with van der Waals surface area (Å²) in [5.41, 5.74) is 2.84. The number of pyridine rings is 2. The van der Waals surface area contributed by atoms with Gasteiger partial charge < -0.3 is 10.1 Å². The van der Waals surface area contributed by atoms with E-state index in [0.29, 0.717) is 47.2 Å². The molecule has 164 valence electrons. The molecule has 0 radical (unpaired) electrons. The van der Waals surface area contributed by atoms with Gasteiger partial charge in [-0.2, -0.15) is 0 Å². The van der Waals surface area contributed by atoms with Gasteiger partial charge >= 0.3 is 0 Å². The summed E-state index contributed by atoms with van der Waals surface area (Å²) in [6.45, 7) is 6.24. The summed E-state index contributed by atoms with van der Waals surface area (Å²) in [5.74, 6) is 1.43. The van der Waals surface area contributed by atoms with Crippen molar-refractivity contribution in [2.75, 3.05) is 16.8 Å². The van der Waals surface area contributed by atoms with Crippen molar-refractivity contribution in [2.45, 2.75) is 13.3 Å². The number of amides is 1. The molecule has 0 bridgehead atoms. The third kappa shape index (κ3) is 4.08. The molecule has 1 N–H and O–H groups in total. The first-order valence-corrected chi connectivity index (χ1v) is 10.2. The molecule has 1 amide bonds. The number of hydrogen-bond acceptors (Lipinski definition) is 7. The number of benzene rings is 1. The predicted octanol–water partition coefficient (Wildman–Crippen LogP) is 4.70. The van der Waals surface area contributed by atoms with Crippen LogP contribution in [0.3, 0.4) is 0 Å². The van der Waals surface area contributed by atoms with E-state index in [4.69, 9.17) is 4.74 Å². The van der Waals surface area contributed by atoms with Gasteiger partial charge in [0.05, 0.1) is 24.1 Å². The van der Waals surface area contributed by atoms with Gasteiger partial charge in [-0.3, -0.25) is 14.7 Å². The molecule has 4 heterocycles. The Bertz CT molecular complexity index is 1410. The number of hydrogen-bond donors (Lipinski definition) is 1. The number of carbonyl (C=O) groups excluding carboxylic acids is 1. The van der Waals surface area contributed by atoms with E-state index in [1.807, 2.05) is 19.1 Å². The minimum Gasteiger partial charge on any atom is -0.455 e. The van der Waals surface area contributed by atoms with Crippen LogP contribution in [0.4, 0.5) is 21.7 Å². The number of anilines is 3. The second kappa shape index (κ2) is 8.27. The van der Waals surface area contributed by atoms with Crippen LogP contribution in [0, 0.1) is 12.7 Å². The van der Waals surface area contributed by atoms with E-state index in [-0.39, 0.29) is 5.91 Å². The Morgan fingerprint density at radius 2 is 2.00 bits per heavy atom. The normalized spacial score (nSPS) is 13.6. The van der Waals surface area contributed by atoms with Crippen LogP contribution in [0.5, 0.6) is 11.5 Å². The molecule has 5 rings (SSSR count). The highest BCUT2D eigenvalue weighted by Crippen LogP contribution is 2.31. The lowest BCUT2D eigenvalue weighted by atomic mass is 10.2. The molecule has 9 heteroatoms. The van der Waals surface area contributed by atoms with Gasteiger partial charge in [0.15, 0.2) is 0 Å². The van der Waals surface area contributed by atoms with E-state index in [1.54, 1.807) is 23.2 Å². The smallest absolute Gasteiger partial charge is 0.254 e. The van der Waals surface area contributed by atoms with Gasteiger partial charge in [0.25, 0.3) is 5.91 Å². The minimum atomic E-state index is -0.465. The van der Waals surface area contributed by atoms with E-state index < -0.39 is 5.82 Å². The maximum absolute atomic E-state index is 13.4. The Balaban J connectivity index is 1.42. The first-order valence-electron chi connectivity index (χ1n) is 10.2. The molecule has 0 unspecified atom stereocenters. The molecule has 0 saturated carbocycles. The summed E-state index contributed by atoms with van der Waals surface area (Å²) in [5, 5.41) is 4.03. The number of halogens is 1. The molecule has 0 spiro atoms. The van der Waals surface area contributed by atoms with Crippen LogP contribution in [0.15, 0.2) is 67.4 Å². The Morgan fingerprint density at radius 1 is 1.12 bits per heavy atom. The third-order valence-electron chi connectivity index (χ3n) is 5.31. The molecule has 1 aromatic carbocycles. The summed E-state index contributed by atoms with van der Waals surface area (Å²) in [6, 6.07) is 8.59. The molecule has 0 aliphatic carbocycles. The number of ether oxygens (including phenoxy) is 1. The summed E-state index contributed by atoms with van der Waals surface area (Å²) in [7, 11) is 0. The lowest BCUT2D eigenvalue weighted by Crippen LogP contribution is -2.25. The average molecular weight is 442 g/mol. The average Bonchev–Trinajstić information content (AvgIpc) is 3.14. The number of aromatic nitrogens is 4. The van der Waals surface area contributed by atoms with Crippen molar-refractivity contribution in [2.24, 2.45) is 0 Å². The summed E-state index contributed by atoms with van der Waals surface area (Å²) in [6.07, 6.45) is 6.27. The summed E-state index contributed by atoms with van der Waals surface area (Å²) >= 11 is 0. The van der Waals surface area contributed by atoms with Gasteiger partial charge in [-0.1, -0.05) is 6.58 Å². The number of nitrogens with one attached hydrogen (secondary N) is 1. The highest BCUT2D eigenvalue weighted by Gasteiger charge is 2.26. The molecular weight excluding hydrogens is 423 g/mol. The van der Waals surface area contributed by atoms with Gasteiger partial charge in [0.1, 0.15) is 35.3 Å². The molecule has 1 saturated heterocycles. The first-order chi connectivity index (χ1) is 16.0. The van der Waals surface area contributed by atoms with Gasteiger partial charge in [-0.05, 0) is 43.2 Å². The van der Waals surface area contributed by atoms with Crippen LogP contribution in [0.2, 0.25) is 0 Å². The Hall–Kier alpha value is -4.40. The molecule has 1 fully saturated rings. The zero-order valence-electron chi connectivity index (χ0n) is 17.7. The number of carbonyl (C=O) groups is 1. The van der Waals surface area contributed by atoms with Crippen molar-refractivity contribution in [3.05, 3.63) is 78.8 Å². The molecule has 33 heavy (non-hydrogen) atoms. The highest BCUT2D eigenvalue weighted by molar-refractivity contribution is 6.08. The Kier molecular flexibility index (Phi) is 5.14. The lowest BCUT2D eigenvalue weighted by molar-refractivity contribution is -0.114. The zero-order valence-corrected chi connectivity index (χ0v) is 17.7. The molecule has 4 aromatic rings. The standard InChI is InChI=1S/C24H19FN6O2/c1-14-5-6-31(24(14)32)22-9-19-20(12-27-22)28-13-29-23(19)30-17-3-4-21(15(2)7-17)33-18-8-16(25)10-26-11-18/h3-4,7-13H,1,5-6H2,2H3,(H,28,29,30). The molecule has 3 aromatic heterocycles. The fraction of sp³-hybridized carbons (Fsp3) is 0.125. The Morgan fingerprint density at radius 3 is 2.76 bits per heavy atom. The van der Waals surface area contributed by atoms with Crippen molar-refractivity contribution in [3.8, 4) is 11.5 Å². The van der Waals surface area contributed by atoms with Crippen LogP contribution >= 0.6 is 0 Å². The second-order valence-electron chi connectivity index (χ2n) is 7.64. The first kappa shape index (κ1) is 20.5. The van der Waals surface area contributed by atoms with E-state index in [1.165, 1.54) is 18.6 Å². The molecule has 1 aliphatic rings. The van der Waals surface area contributed by atoms with Crippen LogP contribution in [0.1, 0.15) is 12.0 Å². The zero-order chi connectivity index (χ0) is 22.9. The van der Waals surface area contributed by atoms with Crippen molar-refractivity contribution in [1.82, 2.24) is 19.9 Å². The number of nitrogens with zero attached hydrogens (tertiary/aromatic N) is 5. The number of fused-ring (bicyclic) bond motifs is 1. The van der Waals surface area contributed by atoms with Gasteiger partial charge in [-0.15, -0.1) is 0 Å². The van der Waals surface area contributed by atoms with Crippen LogP contribution in [0.25, 0.3) is 10.9 Å². The van der Waals surface area contributed by atoms with E-state index in [9.17, 15) is 9.18 Å². The monoisotopic (exact) mass is 442 g/mol. The summed E-state index contributed by atoms with van der Waals surface area (Å²) in [4.78, 5) is 30.8. The van der Waals surface area contributed by atoms with Gasteiger partial charge in [-0.25, -0.2) is 19.3 Å². The number of rotatable bonds is 5. The van der Waals surface area contributed by atoms with Crippen LogP contribution in [-0.4, -0.2) is 32.4 Å². The largest absolute Gasteiger partial charge is 0.455 e. The fourth-order valence-corrected chi connectivity index (χ4v) is 3.61. The highest BCUT2D eigenvalue weighted by atomic mass is 19.1. The van der Waals surface area contributed by atoms with E-state index in [0.717, 1.165) is 22.8 Å². The maximum atomic E-state index is 13.4. The predicted molar refractivity (Wildman–Crippen MR) is 122 cm³/mol. The van der Waals surface area contributed by atoms with Crippen molar-refractivity contribution in [1.29, 1.82) is 0 Å². The summed E-state index contributed by atoms with van der Waals surface area (Å²) < 4.78 is 19.1. The SMILES string of the molecule is C=C1CCN(c2cc3c(Nc4ccc(Oc5cncc(F)c5)c(C)c4)ncnc3cn2)C1=O. The molecule has 8 nitrogen and oxygen atoms in total. The second-order valence-corrected chi connectivity index (χ2v) is 7.64. The molecule has 0 atom stereocenters. The third-order valence-corrected chi connectivity index (χ3v) is 5.31. The van der Waals surface area contributed by atoms with Crippen LogP contribution < -0.4 is 15.0 Å².